The van der Waals surface area contributed by atoms with Crippen molar-refractivity contribution in [3.8, 4) is 6.07 Å². The number of nitrogens with zero attached hydrogens (tertiary/aromatic N) is 3. The fourth-order valence-corrected chi connectivity index (χ4v) is 4.43. The van der Waals surface area contributed by atoms with Crippen molar-refractivity contribution in [2.24, 2.45) is 5.10 Å². The highest BCUT2D eigenvalue weighted by atomic mass is 16.1. The number of carbonyl (C=O) groups excluding carboxylic acids is 1. The Morgan fingerprint density at radius 1 is 0.919 bits per heavy atom. The molecule has 0 spiro atoms. The van der Waals surface area contributed by atoms with Crippen molar-refractivity contribution in [3.05, 3.63) is 137 Å². The molecule has 0 fully saturated rings. The lowest BCUT2D eigenvalue weighted by Gasteiger charge is -2.24. The second-order valence-corrected chi connectivity index (χ2v) is 8.92. The maximum atomic E-state index is 12.7. The third-order valence-electron chi connectivity index (χ3n) is 6.43. The van der Waals surface area contributed by atoms with Gasteiger partial charge in [0.2, 0.25) is 0 Å². The van der Waals surface area contributed by atoms with Gasteiger partial charge in [-0.15, -0.1) is 0 Å². The fraction of sp³-hybridized carbons (Fsp3) is 0.0938. The Morgan fingerprint density at radius 2 is 1.57 bits per heavy atom. The highest BCUT2D eigenvalue weighted by Crippen LogP contribution is 2.36. The first kappa shape index (κ1) is 23.8. The normalized spacial score (nSPS) is 15.1. The Kier molecular flexibility index (Phi) is 6.91. The van der Waals surface area contributed by atoms with Crippen molar-refractivity contribution in [2.45, 2.75) is 19.4 Å². The summed E-state index contributed by atoms with van der Waals surface area (Å²) in [5.41, 5.74) is 6.73. The van der Waals surface area contributed by atoms with E-state index in [-0.39, 0.29) is 11.6 Å². The summed E-state index contributed by atoms with van der Waals surface area (Å²) >= 11 is 0. The Morgan fingerprint density at radius 3 is 2.24 bits per heavy atom. The van der Waals surface area contributed by atoms with Crippen LogP contribution in [0.25, 0.3) is 6.08 Å². The van der Waals surface area contributed by atoms with Gasteiger partial charge in [-0.3, -0.25) is 9.80 Å². The summed E-state index contributed by atoms with van der Waals surface area (Å²) < 4.78 is 0. The van der Waals surface area contributed by atoms with Gasteiger partial charge in [0.15, 0.2) is 0 Å². The molecule has 37 heavy (non-hydrogen) atoms. The summed E-state index contributed by atoms with van der Waals surface area (Å²) in [6.07, 6.45) is 2.40. The summed E-state index contributed by atoms with van der Waals surface area (Å²) in [6.45, 7) is 1.91. The number of hydrogen-bond acceptors (Lipinski definition) is 4. The molecule has 1 aliphatic rings. The molecule has 0 saturated carbocycles. The van der Waals surface area contributed by atoms with Crippen molar-refractivity contribution in [2.75, 3.05) is 10.3 Å². The maximum Gasteiger partial charge on any atom is 0.266 e. The van der Waals surface area contributed by atoms with E-state index in [1.165, 1.54) is 5.56 Å². The highest BCUT2D eigenvalue weighted by molar-refractivity contribution is 6.10. The molecule has 5 nitrogen and oxygen atoms in total. The minimum Gasteiger partial charge on any atom is -0.321 e. The van der Waals surface area contributed by atoms with Crippen molar-refractivity contribution in [1.29, 1.82) is 5.26 Å². The van der Waals surface area contributed by atoms with Gasteiger partial charge < -0.3 is 5.32 Å². The van der Waals surface area contributed by atoms with E-state index in [0.717, 1.165) is 34.5 Å². The van der Waals surface area contributed by atoms with Crippen LogP contribution in [0, 0.1) is 18.3 Å². The zero-order valence-corrected chi connectivity index (χ0v) is 20.5. The van der Waals surface area contributed by atoms with Crippen LogP contribution in [-0.4, -0.2) is 11.6 Å². The molecule has 0 aliphatic carbocycles. The van der Waals surface area contributed by atoms with Gasteiger partial charge in [-0.25, -0.2) is 0 Å². The molecule has 5 rings (SSSR count). The summed E-state index contributed by atoms with van der Waals surface area (Å²) in [6, 6.07) is 38.0. The standard InChI is InChI=1S/C32H26N4O/c1-23-10-8-9-15-29(23)34-32(37)27(22-33)20-24-16-18-28(19-17-24)36-31(26-13-6-3-7-14-26)21-30(35-36)25-11-4-2-5-12-25/h2-20,31H,21H2,1H3,(H,34,37). The molecule has 0 saturated heterocycles. The van der Waals surface area contributed by atoms with Gasteiger partial charge in [0.1, 0.15) is 11.6 Å². The van der Waals surface area contributed by atoms with Crippen molar-refractivity contribution < 1.29 is 4.79 Å². The largest absolute Gasteiger partial charge is 0.321 e. The number of anilines is 2. The van der Waals surface area contributed by atoms with Gasteiger partial charge in [0, 0.05) is 12.1 Å². The average Bonchev–Trinajstić information content (AvgIpc) is 3.40. The number of aryl methyl sites for hydroxylation is 1. The molecule has 1 unspecified atom stereocenters. The van der Waals surface area contributed by atoms with E-state index in [1.54, 1.807) is 6.08 Å². The van der Waals surface area contributed by atoms with Crippen LogP contribution >= 0.6 is 0 Å². The van der Waals surface area contributed by atoms with E-state index in [0.29, 0.717) is 5.69 Å². The number of benzene rings is 4. The molecule has 1 amide bonds. The summed E-state index contributed by atoms with van der Waals surface area (Å²) in [5.74, 6) is -0.429. The molecular weight excluding hydrogens is 456 g/mol. The van der Waals surface area contributed by atoms with Gasteiger partial charge in [0.05, 0.1) is 17.4 Å². The summed E-state index contributed by atoms with van der Waals surface area (Å²) in [5, 5.41) is 19.5. The Bertz CT molecular complexity index is 1500. The average molecular weight is 483 g/mol. The van der Waals surface area contributed by atoms with Crippen LogP contribution in [0.5, 0.6) is 0 Å². The Labute approximate surface area is 217 Å². The molecule has 1 aliphatic heterocycles. The number of amides is 1. The molecule has 4 aromatic rings. The number of nitrogens with one attached hydrogen (secondary N) is 1. The lowest BCUT2D eigenvalue weighted by molar-refractivity contribution is -0.112. The monoisotopic (exact) mass is 482 g/mol. The van der Waals surface area contributed by atoms with Crippen molar-refractivity contribution in [1.82, 2.24) is 0 Å². The molecule has 1 N–H and O–H groups in total. The fourth-order valence-electron chi connectivity index (χ4n) is 4.43. The molecule has 4 aromatic carbocycles. The molecule has 0 radical (unpaired) electrons. The second kappa shape index (κ2) is 10.8. The van der Waals surface area contributed by atoms with E-state index in [2.05, 4.69) is 34.6 Å². The lowest BCUT2D eigenvalue weighted by atomic mass is 9.98. The molecule has 180 valence electrons. The number of para-hydroxylation sites is 1. The third kappa shape index (κ3) is 5.34. The molecule has 5 heteroatoms. The molecule has 1 atom stereocenters. The predicted octanol–water partition coefficient (Wildman–Crippen LogP) is 6.90. The number of hydrazone groups is 1. The van der Waals surface area contributed by atoms with Crippen molar-refractivity contribution >= 4 is 29.1 Å². The number of nitriles is 1. The summed E-state index contributed by atoms with van der Waals surface area (Å²) in [7, 11) is 0. The molecular formula is C32H26N4O. The minimum atomic E-state index is -0.429. The molecule has 1 heterocycles. The number of carbonyl (C=O) groups is 1. The van der Waals surface area contributed by atoms with Crippen LogP contribution in [-0.2, 0) is 4.79 Å². The second-order valence-electron chi connectivity index (χ2n) is 8.92. The van der Waals surface area contributed by atoms with Crippen LogP contribution < -0.4 is 10.3 Å². The van der Waals surface area contributed by atoms with Crippen LogP contribution in [0.1, 0.15) is 34.7 Å². The van der Waals surface area contributed by atoms with Crippen LogP contribution in [0.15, 0.2) is 120 Å². The van der Waals surface area contributed by atoms with Gasteiger partial charge >= 0.3 is 0 Å². The zero-order chi connectivity index (χ0) is 25.6. The quantitative estimate of drug-likeness (QED) is 0.240. The number of hydrogen-bond donors (Lipinski definition) is 1. The van der Waals surface area contributed by atoms with E-state index in [9.17, 15) is 10.1 Å². The number of rotatable bonds is 6. The van der Waals surface area contributed by atoms with Gasteiger partial charge in [0.25, 0.3) is 5.91 Å². The van der Waals surface area contributed by atoms with Gasteiger partial charge in [-0.2, -0.15) is 10.4 Å². The first-order chi connectivity index (χ1) is 18.1. The van der Waals surface area contributed by atoms with E-state index < -0.39 is 5.91 Å². The molecule has 0 aromatic heterocycles. The first-order valence-corrected chi connectivity index (χ1v) is 12.2. The van der Waals surface area contributed by atoms with E-state index in [4.69, 9.17) is 5.10 Å². The highest BCUT2D eigenvalue weighted by Gasteiger charge is 2.29. The minimum absolute atomic E-state index is 0.0451. The first-order valence-electron chi connectivity index (χ1n) is 12.2. The smallest absolute Gasteiger partial charge is 0.266 e. The maximum absolute atomic E-state index is 12.7. The SMILES string of the molecule is Cc1ccccc1NC(=O)C(C#N)=Cc1ccc(N2N=C(c3ccccc3)CC2c2ccccc2)cc1. The summed E-state index contributed by atoms with van der Waals surface area (Å²) in [4.78, 5) is 12.7. The lowest BCUT2D eigenvalue weighted by Crippen LogP contribution is -2.18. The topological polar surface area (TPSA) is 68.5 Å². The van der Waals surface area contributed by atoms with Crippen molar-refractivity contribution in [3.63, 3.8) is 0 Å². The zero-order valence-electron chi connectivity index (χ0n) is 20.5. The Balaban J connectivity index is 1.40. The van der Waals surface area contributed by atoms with Gasteiger partial charge in [-0.05, 0) is 53.5 Å². The van der Waals surface area contributed by atoms with Crippen LogP contribution in [0.2, 0.25) is 0 Å². The van der Waals surface area contributed by atoms with E-state index in [1.807, 2.05) is 97.9 Å². The van der Waals surface area contributed by atoms with E-state index >= 15 is 0 Å². The molecule has 0 bridgehead atoms. The Hall–Kier alpha value is -4.95. The predicted molar refractivity (Wildman–Crippen MR) is 149 cm³/mol. The van der Waals surface area contributed by atoms with Crippen LogP contribution in [0.4, 0.5) is 11.4 Å². The van der Waals surface area contributed by atoms with Crippen LogP contribution in [0.3, 0.4) is 0 Å². The van der Waals surface area contributed by atoms with Gasteiger partial charge in [-0.1, -0.05) is 91.0 Å². The third-order valence-corrected chi connectivity index (χ3v) is 6.43.